The Kier molecular flexibility index (Phi) is 9.42. The third kappa shape index (κ3) is 6.77. The third-order valence-electron chi connectivity index (χ3n) is 6.44. The van der Waals surface area contributed by atoms with Gasteiger partial charge in [0.15, 0.2) is 0 Å². The molecule has 3 N–H and O–H groups in total. The average molecular weight is 473 g/mol. The molecule has 8 heteroatoms. The summed E-state index contributed by atoms with van der Waals surface area (Å²) >= 11 is 0. The molecule has 0 aromatic heterocycles. The molecule has 1 aliphatic rings. The van der Waals surface area contributed by atoms with Gasteiger partial charge in [-0.05, 0) is 80.3 Å². The van der Waals surface area contributed by atoms with Crippen molar-refractivity contribution in [1.82, 2.24) is 10.4 Å². The van der Waals surface area contributed by atoms with E-state index in [0.29, 0.717) is 39.0 Å². The van der Waals surface area contributed by atoms with Crippen molar-refractivity contribution in [2.45, 2.75) is 51.0 Å². The summed E-state index contributed by atoms with van der Waals surface area (Å²) in [6, 6.07) is 14.1. The smallest absolute Gasteiger partial charge is 0.272 e. The maximum absolute atomic E-state index is 13.2. The molecule has 2 aromatic carbocycles. The Morgan fingerprint density at radius 3 is 2.35 bits per heavy atom. The van der Waals surface area contributed by atoms with Crippen LogP contribution in [0.3, 0.4) is 0 Å². The first-order valence-corrected chi connectivity index (χ1v) is 11.8. The maximum Gasteiger partial charge on any atom is 0.272 e. The zero-order valence-electron chi connectivity index (χ0n) is 19.5. The monoisotopic (exact) mass is 472 g/mol. The molecule has 1 fully saturated rings. The summed E-state index contributed by atoms with van der Waals surface area (Å²) in [6.45, 7) is 3.49. The molecule has 184 valence electrons. The van der Waals surface area contributed by atoms with Gasteiger partial charge in [-0.15, -0.1) is 0 Å². The van der Waals surface area contributed by atoms with Gasteiger partial charge in [0.2, 0.25) is 5.91 Å². The van der Waals surface area contributed by atoms with Gasteiger partial charge in [0.05, 0.1) is 12.5 Å². The van der Waals surface area contributed by atoms with Crippen molar-refractivity contribution < 1.29 is 29.0 Å². The van der Waals surface area contributed by atoms with Gasteiger partial charge in [-0.2, -0.15) is 0 Å². The lowest BCUT2D eigenvalue weighted by molar-refractivity contribution is -0.151. The van der Waals surface area contributed by atoms with Crippen molar-refractivity contribution in [3.63, 3.8) is 0 Å². The molecule has 0 saturated carbocycles. The Bertz CT molecular complexity index is 927. The van der Waals surface area contributed by atoms with E-state index in [-0.39, 0.29) is 17.6 Å². The second kappa shape index (κ2) is 12.5. The number of hydrogen-bond donors (Lipinski definition) is 3. The van der Waals surface area contributed by atoms with Gasteiger partial charge in [-0.1, -0.05) is 24.3 Å². The minimum atomic E-state index is -1.63. The lowest BCUT2D eigenvalue weighted by Crippen LogP contribution is -2.48. The lowest BCUT2D eigenvalue weighted by Gasteiger charge is -2.35. The number of carbonyl (C=O) groups is 2. The molecular weight excluding hydrogens is 439 g/mol. The molecule has 0 aliphatic carbocycles. The van der Waals surface area contributed by atoms with E-state index >= 15 is 0 Å². The Balaban J connectivity index is 1.59. The molecule has 2 amide bonds. The molecule has 0 radical (unpaired) electrons. The number of piperidine rings is 1. The highest BCUT2D eigenvalue weighted by molar-refractivity contribution is 5.88. The van der Waals surface area contributed by atoms with E-state index in [4.69, 9.17) is 9.94 Å². The number of nitrogens with one attached hydrogen (secondary N) is 1. The van der Waals surface area contributed by atoms with E-state index in [1.54, 1.807) is 17.0 Å². The van der Waals surface area contributed by atoms with Gasteiger partial charge in [-0.3, -0.25) is 14.8 Å². The molecule has 2 aromatic rings. The van der Waals surface area contributed by atoms with Crippen molar-refractivity contribution in [2.75, 3.05) is 19.7 Å². The average Bonchev–Trinajstić information content (AvgIpc) is 2.87. The summed E-state index contributed by atoms with van der Waals surface area (Å²) < 4.78 is 18.7. The highest BCUT2D eigenvalue weighted by atomic mass is 19.1. The van der Waals surface area contributed by atoms with Crippen molar-refractivity contribution >= 4 is 11.8 Å². The first-order valence-electron chi connectivity index (χ1n) is 11.8. The van der Waals surface area contributed by atoms with E-state index in [1.807, 2.05) is 31.2 Å². The lowest BCUT2D eigenvalue weighted by atomic mass is 9.87. The predicted octanol–water partition coefficient (Wildman–Crippen LogP) is 3.44. The topological polar surface area (TPSA) is 99.1 Å². The molecule has 2 atom stereocenters. The van der Waals surface area contributed by atoms with Gasteiger partial charge < -0.3 is 14.7 Å². The molecule has 34 heavy (non-hydrogen) atoms. The number of benzene rings is 2. The van der Waals surface area contributed by atoms with Gasteiger partial charge >= 0.3 is 0 Å². The number of hydrogen-bond acceptors (Lipinski definition) is 5. The fourth-order valence-corrected chi connectivity index (χ4v) is 4.51. The highest BCUT2D eigenvalue weighted by Crippen LogP contribution is 2.30. The van der Waals surface area contributed by atoms with Crippen LogP contribution < -0.4 is 10.2 Å². The number of amides is 2. The van der Waals surface area contributed by atoms with E-state index in [1.165, 1.54) is 17.6 Å². The van der Waals surface area contributed by atoms with Crippen LogP contribution in [0.2, 0.25) is 0 Å². The minimum absolute atomic E-state index is 0.230. The van der Waals surface area contributed by atoms with Crippen LogP contribution in [0.4, 0.5) is 4.39 Å². The Labute approximate surface area is 199 Å². The number of carbonyl (C=O) groups excluding carboxylic acids is 2. The summed E-state index contributed by atoms with van der Waals surface area (Å²) in [5.41, 5.74) is 3.57. The van der Waals surface area contributed by atoms with Crippen LogP contribution in [0.15, 0.2) is 48.5 Å². The van der Waals surface area contributed by atoms with E-state index in [0.717, 1.165) is 29.7 Å². The largest absolute Gasteiger partial charge is 0.494 e. The molecule has 0 bridgehead atoms. The SMILES string of the molecule is CCOc1ccc(CCC[C@@H](C(=O)N2CCC(c3ccc(F)cc3)CC2)[C@H](O)C(=O)NO)cc1. The molecule has 1 aliphatic heterocycles. The summed E-state index contributed by atoms with van der Waals surface area (Å²) in [5, 5.41) is 19.4. The number of aliphatic hydroxyl groups excluding tert-OH is 1. The van der Waals surface area contributed by atoms with E-state index in [2.05, 4.69) is 0 Å². The van der Waals surface area contributed by atoms with E-state index < -0.39 is 17.9 Å². The van der Waals surface area contributed by atoms with Crippen LogP contribution in [0.25, 0.3) is 0 Å². The second-order valence-corrected chi connectivity index (χ2v) is 8.65. The quantitative estimate of drug-likeness (QED) is 0.364. The zero-order valence-corrected chi connectivity index (χ0v) is 19.5. The number of hydroxylamine groups is 1. The van der Waals surface area contributed by atoms with Crippen LogP contribution in [-0.2, 0) is 16.0 Å². The van der Waals surface area contributed by atoms with Crippen LogP contribution >= 0.6 is 0 Å². The predicted molar refractivity (Wildman–Crippen MR) is 125 cm³/mol. The fraction of sp³-hybridized carbons (Fsp3) is 0.462. The number of aliphatic hydroxyl groups is 1. The van der Waals surface area contributed by atoms with Crippen molar-refractivity contribution in [1.29, 1.82) is 0 Å². The zero-order chi connectivity index (χ0) is 24.5. The Hall–Kier alpha value is -2.97. The standard InChI is InChI=1S/C26H33FN2O5/c1-2-34-22-12-6-18(7-13-22)4-3-5-23(24(30)25(31)28-33)26(32)29-16-14-20(15-17-29)19-8-10-21(27)11-9-19/h6-13,20,23-24,30,33H,2-5,14-17H2,1H3,(H,28,31)/t23-,24+/m1/s1. The molecular formula is C26H33FN2O5. The highest BCUT2D eigenvalue weighted by Gasteiger charge is 2.36. The molecule has 1 saturated heterocycles. The molecule has 0 spiro atoms. The van der Waals surface area contributed by atoms with Crippen LogP contribution in [-0.4, -0.2) is 52.8 Å². The summed E-state index contributed by atoms with van der Waals surface area (Å²) in [6.07, 6.45) is 1.38. The molecule has 3 rings (SSSR count). The van der Waals surface area contributed by atoms with Crippen LogP contribution in [0, 0.1) is 11.7 Å². The summed E-state index contributed by atoms with van der Waals surface area (Å²) in [4.78, 5) is 26.8. The van der Waals surface area contributed by atoms with Gasteiger partial charge in [0.1, 0.15) is 17.7 Å². The van der Waals surface area contributed by atoms with E-state index in [9.17, 15) is 19.1 Å². The van der Waals surface area contributed by atoms with Crippen LogP contribution in [0.5, 0.6) is 5.75 Å². The number of nitrogens with zero attached hydrogens (tertiary/aromatic N) is 1. The number of likely N-dealkylation sites (tertiary alicyclic amines) is 1. The normalized spacial score (nSPS) is 16.1. The van der Waals surface area contributed by atoms with Crippen LogP contribution in [0.1, 0.15) is 49.7 Å². The van der Waals surface area contributed by atoms with Gasteiger partial charge in [0.25, 0.3) is 5.91 Å². The molecule has 1 heterocycles. The Morgan fingerprint density at radius 1 is 1.12 bits per heavy atom. The van der Waals surface area contributed by atoms with Gasteiger partial charge in [0, 0.05) is 13.1 Å². The number of ether oxygens (including phenoxy) is 1. The first kappa shape index (κ1) is 25.6. The maximum atomic E-state index is 13.2. The number of halogens is 1. The summed E-state index contributed by atoms with van der Waals surface area (Å²) in [5.74, 6) is -1.48. The third-order valence-corrected chi connectivity index (χ3v) is 6.44. The number of aryl methyl sites for hydroxylation is 1. The van der Waals surface area contributed by atoms with Crippen molar-refractivity contribution in [3.05, 3.63) is 65.5 Å². The van der Waals surface area contributed by atoms with Crippen molar-refractivity contribution in [3.8, 4) is 5.75 Å². The number of rotatable bonds is 10. The molecule has 7 nitrogen and oxygen atoms in total. The molecule has 0 unspecified atom stereocenters. The minimum Gasteiger partial charge on any atom is -0.494 e. The van der Waals surface area contributed by atoms with Crippen molar-refractivity contribution in [2.24, 2.45) is 5.92 Å². The first-order chi connectivity index (χ1) is 16.4. The Morgan fingerprint density at radius 2 is 1.76 bits per heavy atom. The second-order valence-electron chi connectivity index (χ2n) is 8.65. The summed E-state index contributed by atoms with van der Waals surface area (Å²) in [7, 11) is 0. The fourth-order valence-electron chi connectivity index (χ4n) is 4.51. The van der Waals surface area contributed by atoms with Gasteiger partial charge in [-0.25, -0.2) is 9.87 Å².